The summed E-state index contributed by atoms with van der Waals surface area (Å²) in [5.74, 6) is 0.788. The quantitative estimate of drug-likeness (QED) is 0.458. The van der Waals surface area contributed by atoms with Crippen LogP contribution in [0, 0.1) is 0 Å². The Hall–Kier alpha value is -3.68. The van der Waals surface area contributed by atoms with Crippen molar-refractivity contribution in [1.82, 2.24) is 0 Å². The highest BCUT2D eigenvalue weighted by Gasteiger charge is 2.30. The van der Waals surface area contributed by atoms with Gasteiger partial charge in [0.05, 0.1) is 17.8 Å². The van der Waals surface area contributed by atoms with Gasteiger partial charge in [-0.1, -0.05) is 36.4 Å². The first-order chi connectivity index (χ1) is 14.9. The molecule has 5 nitrogen and oxygen atoms in total. The zero-order valence-electron chi connectivity index (χ0n) is 16.5. The molecule has 8 heteroatoms. The van der Waals surface area contributed by atoms with Crippen LogP contribution in [0.1, 0.15) is 5.56 Å². The first-order valence-corrected chi connectivity index (χ1v) is 9.52. The average Bonchev–Trinajstić information content (AvgIpc) is 2.76. The predicted molar refractivity (Wildman–Crippen MR) is 112 cm³/mol. The van der Waals surface area contributed by atoms with Crippen molar-refractivity contribution in [1.29, 1.82) is 0 Å². The number of para-hydroxylation sites is 3. The molecule has 0 aliphatic carbocycles. The second kappa shape index (κ2) is 10.4. The molecule has 0 spiro atoms. The third kappa shape index (κ3) is 6.95. The molecule has 3 aromatic carbocycles. The summed E-state index contributed by atoms with van der Waals surface area (Å²) in [5, 5.41) is 5.39. The lowest BCUT2D eigenvalue weighted by Gasteiger charge is -2.14. The fourth-order valence-corrected chi connectivity index (χ4v) is 2.72. The zero-order valence-corrected chi connectivity index (χ0v) is 16.5. The van der Waals surface area contributed by atoms with Crippen molar-refractivity contribution in [2.75, 3.05) is 30.4 Å². The largest absolute Gasteiger partial charge is 0.490 e. The first kappa shape index (κ1) is 22.0. The molecule has 0 heterocycles. The van der Waals surface area contributed by atoms with E-state index in [1.54, 1.807) is 24.3 Å². The van der Waals surface area contributed by atoms with E-state index >= 15 is 0 Å². The molecule has 0 radical (unpaired) electrons. The van der Waals surface area contributed by atoms with E-state index in [2.05, 4.69) is 10.6 Å². The number of ether oxygens (including phenoxy) is 2. The summed E-state index contributed by atoms with van der Waals surface area (Å²) in [5.41, 5.74) is -0.166. The number of halogens is 3. The zero-order chi connectivity index (χ0) is 22.1. The van der Waals surface area contributed by atoms with Gasteiger partial charge in [0.2, 0.25) is 5.91 Å². The van der Waals surface area contributed by atoms with Gasteiger partial charge in [-0.25, -0.2) is 0 Å². The van der Waals surface area contributed by atoms with Crippen molar-refractivity contribution in [3.8, 4) is 11.5 Å². The van der Waals surface area contributed by atoms with Gasteiger partial charge in [0.15, 0.2) is 0 Å². The van der Waals surface area contributed by atoms with E-state index in [0.717, 1.165) is 17.9 Å². The number of nitrogens with one attached hydrogen (secondary N) is 2. The predicted octanol–water partition coefficient (Wildman–Crippen LogP) is 5.21. The molecule has 0 aromatic heterocycles. The molecular weight excluding hydrogens is 409 g/mol. The van der Waals surface area contributed by atoms with Crippen LogP contribution in [0.15, 0.2) is 78.9 Å². The molecular formula is C23H21F3N2O3. The van der Waals surface area contributed by atoms with Crippen LogP contribution in [0.5, 0.6) is 11.5 Å². The standard InChI is InChI=1S/C23H21F3N2O3/c24-23(25,26)17-7-6-8-18(15-17)28-22(29)16-27-20-11-4-5-12-21(20)31-14-13-30-19-9-2-1-3-10-19/h1-12,15,27H,13-14,16H2,(H,28,29). The van der Waals surface area contributed by atoms with Crippen molar-refractivity contribution in [3.05, 3.63) is 84.4 Å². The number of alkyl halides is 3. The minimum Gasteiger partial charge on any atom is -0.490 e. The van der Waals surface area contributed by atoms with Gasteiger partial charge < -0.3 is 20.1 Å². The molecule has 0 saturated carbocycles. The summed E-state index contributed by atoms with van der Waals surface area (Å²) in [6, 6.07) is 20.9. The maximum Gasteiger partial charge on any atom is 0.416 e. The Kier molecular flexibility index (Phi) is 7.37. The van der Waals surface area contributed by atoms with E-state index in [1.807, 2.05) is 30.3 Å². The highest BCUT2D eigenvalue weighted by molar-refractivity contribution is 5.94. The van der Waals surface area contributed by atoms with E-state index < -0.39 is 17.6 Å². The van der Waals surface area contributed by atoms with E-state index in [0.29, 0.717) is 24.7 Å². The molecule has 0 atom stereocenters. The van der Waals surface area contributed by atoms with Crippen LogP contribution in [-0.4, -0.2) is 25.7 Å². The van der Waals surface area contributed by atoms with Gasteiger partial charge in [-0.15, -0.1) is 0 Å². The normalized spacial score (nSPS) is 10.9. The first-order valence-electron chi connectivity index (χ1n) is 9.52. The second-order valence-electron chi connectivity index (χ2n) is 6.49. The Labute approximate surface area is 177 Å². The van der Waals surface area contributed by atoms with E-state index in [4.69, 9.17) is 9.47 Å². The minimum absolute atomic E-state index is 0.0734. The van der Waals surface area contributed by atoms with Crippen molar-refractivity contribution >= 4 is 17.3 Å². The Morgan fingerprint density at radius 3 is 2.32 bits per heavy atom. The second-order valence-corrected chi connectivity index (χ2v) is 6.49. The average molecular weight is 430 g/mol. The molecule has 0 saturated heterocycles. The number of carbonyl (C=O) groups is 1. The molecule has 3 aromatic rings. The molecule has 1 amide bonds. The Morgan fingerprint density at radius 1 is 0.839 bits per heavy atom. The van der Waals surface area contributed by atoms with Crippen molar-refractivity contribution < 1.29 is 27.4 Å². The Bertz CT molecular complexity index is 995. The van der Waals surface area contributed by atoms with Gasteiger partial charge in [0.25, 0.3) is 0 Å². The van der Waals surface area contributed by atoms with Gasteiger partial charge >= 0.3 is 6.18 Å². The van der Waals surface area contributed by atoms with Crippen LogP contribution in [0.3, 0.4) is 0 Å². The maximum absolute atomic E-state index is 12.8. The van der Waals surface area contributed by atoms with Crippen molar-refractivity contribution in [3.63, 3.8) is 0 Å². The fourth-order valence-electron chi connectivity index (χ4n) is 2.72. The van der Waals surface area contributed by atoms with Crippen LogP contribution >= 0.6 is 0 Å². The Morgan fingerprint density at radius 2 is 1.55 bits per heavy atom. The third-order valence-corrected chi connectivity index (χ3v) is 4.15. The van der Waals surface area contributed by atoms with Gasteiger partial charge in [-0.05, 0) is 42.5 Å². The van der Waals surface area contributed by atoms with Crippen LogP contribution in [0.4, 0.5) is 24.5 Å². The van der Waals surface area contributed by atoms with Gasteiger partial charge in [0, 0.05) is 5.69 Å². The maximum atomic E-state index is 12.8. The Balaban J connectivity index is 1.49. The highest BCUT2D eigenvalue weighted by Crippen LogP contribution is 2.30. The number of hydrogen-bond acceptors (Lipinski definition) is 4. The van der Waals surface area contributed by atoms with Crippen molar-refractivity contribution in [2.24, 2.45) is 0 Å². The fraction of sp³-hybridized carbons (Fsp3) is 0.174. The molecule has 0 fully saturated rings. The van der Waals surface area contributed by atoms with E-state index in [1.165, 1.54) is 12.1 Å². The summed E-state index contributed by atoms with van der Waals surface area (Å²) in [6.45, 7) is 0.496. The topological polar surface area (TPSA) is 59.6 Å². The molecule has 0 bridgehead atoms. The number of anilines is 2. The SMILES string of the molecule is O=C(CNc1ccccc1OCCOc1ccccc1)Nc1cccc(C(F)(F)F)c1. The van der Waals surface area contributed by atoms with Crippen LogP contribution < -0.4 is 20.1 Å². The van der Waals surface area contributed by atoms with E-state index in [-0.39, 0.29) is 12.2 Å². The smallest absolute Gasteiger partial charge is 0.416 e. The van der Waals surface area contributed by atoms with Crippen LogP contribution in [-0.2, 0) is 11.0 Å². The molecule has 3 rings (SSSR count). The molecule has 31 heavy (non-hydrogen) atoms. The number of amides is 1. The summed E-state index contributed by atoms with van der Waals surface area (Å²) >= 11 is 0. The van der Waals surface area contributed by atoms with Gasteiger partial charge in [0.1, 0.15) is 24.7 Å². The lowest BCUT2D eigenvalue weighted by Crippen LogP contribution is -2.22. The lowest BCUT2D eigenvalue weighted by atomic mass is 10.2. The minimum atomic E-state index is -4.47. The van der Waals surface area contributed by atoms with Crippen LogP contribution in [0.25, 0.3) is 0 Å². The number of benzene rings is 3. The molecule has 2 N–H and O–H groups in total. The van der Waals surface area contributed by atoms with Crippen molar-refractivity contribution in [2.45, 2.75) is 6.18 Å². The summed E-state index contributed by atoms with van der Waals surface area (Å²) in [6.07, 6.45) is -4.47. The molecule has 0 aliphatic heterocycles. The van der Waals surface area contributed by atoms with Crippen LogP contribution in [0.2, 0.25) is 0 Å². The number of rotatable bonds is 9. The van der Waals surface area contributed by atoms with E-state index in [9.17, 15) is 18.0 Å². The molecule has 0 unspecified atom stereocenters. The molecule has 0 aliphatic rings. The summed E-state index contributed by atoms with van der Waals surface area (Å²) in [4.78, 5) is 12.2. The molecule has 162 valence electrons. The monoisotopic (exact) mass is 430 g/mol. The summed E-state index contributed by atoms with van der Waals surface area (Å²) in [7, 11) is 0. The third-order valence-electron chi connectivity index (χ3n) is 4.15. The van der Waals surface area contributed by atoms with Gasteiger partial charge in [-0.3, -0.25) is 4.79 Å². The van der Waals surface area contributed by atoms with Gasteiger partial charge in [-0.2, -0.15) is 13.2 Å². The highest BCUT2D eigenvalue weighted by atomic mass is 19.4. The summed E-state index contributed by atoms with van der Waals surface area (Å²) < 4.78 is 49.7. The number of carbonyl (C=O) groups excluding carboxylic acids is 1. The number of hydrogen-bond donors (Lipinski definition) is 2. The lowest BCUT2D eigenvalue weighted by molar-refractivity contribution is -0.137.